The van der Waals surface area contributed by atoms with Gasteiger partial charge in [0.05, 0.1) is 4.92 Å². The minimum absolute atomic E-state index is 0.176. The van der Waals surface area contributed by atoms with Gasteiger partial charge in [-0.3, -0.25) is 10.1 Å². The van der Waals surface area contributed by atoms with Crippen LogP contribution in [-0.4, -0.2) is 16.0 Å². The van der Waals surface area contributed by atoms with Gasteiger partial charge in [-0.05, 0) is 17.2 Å². The average Bonchev–Trinajstić information content (AvgIpc) is 2.72. The Morgan fingerprint density at radius 3 is 2.04 bits per heavy atom. The van der Waals surface area contributed by atoms with Gasteiger partial charge >= 0.3 is 11.7 Å². The number of nitrogens with zero attached hydrogens (tertiary/aromatic N) is 1. The maximum absolute atomic E-state index is 11.7. The average molecular weight is 377 g/mol. The first kappa shape index (κ1) is 19.1. The predicted octanol–water partition coefficient (Wildman–Crippen LogP) is 5.22. The number of nitro groups is 1. The molecule has 3 rings (SSSR count). The minimum Gasteiger partial charge on any atom is -0.478 e. The number of nitro benzene ring substituents is 1. The molecule has 0 amide bonds. The van der Waals surface area contributed by atoms with Crippen LogP contribution in [0.5, 0.6) is 5.75 Å². The quantitative estimate of drug-likeness (QED) is 0.450. The van der Waals surface area contributed by atoms with Crippen molar-refractivity contribution < 1.29 is 19.6 Å². The fourth-order valence-corrected chi connectivity index (χ4v) is 3.12. The van der Waals surface area contributed by atoms with Crippen molar-refractivity contribution in [2.24, 2.45) is 0 Å². The Kier molecular flexibility index (Phi) is 5.69. The van der Waals surface area contributed by atoms with Gasteiger partial charge in [-0.15, -0.1) is 0 Å². The van der Waals surface area contributed by atoms with Crippen molar-refractivity contribution in [3.8, 4) is 5.75 Å². The molecule has 3 aromatic rings. The Morgan fingerprint density at radius 2 is 1.50 bits per heavy atom. The van der Waals surface area contributed by atoms with Gasteiger partial charge < -0.3 is 9.84 Å². The highest BCUT2D eigenvalue weighted by Crippen LogP contribution is 2.40. The molecule has 1 N–H and O–H groups in total. The summed E-state index contributed by atoms with van der Waals surface area (Å²) in [6, 6.07) is 22.8. The van der Waals surface area contributed by atoms with E-state index in [1.165, 1.54) is 18.2 Å². The fourth-order valence-electron chi connectivity index (χ4n) is 3.12. The van der Waals surface area contributed by atoms with Gasteiger partial charge in [0.25, 0.3) is 0 Å². The van der Waals surface area contributed by atoms with E-state index in [2.05, 4.69) is 0 Å². The van der Waals surface area contributed by atoms with Gasteiger partial charge in [-0.25, -0.2) is 4.79 Å². The highest BCUT2D eigenvalue weighted by atomic mass is 16.6. The van der Waals surface area contributed by atoms with Gasteiger partial charge in [-0.2, -0.15) is 0 Å². The molecule has 0 aliphatic carbocycles. The number of carbonyl (C=O) groups is 1. The highest BCUT2D eigenvalue weighted by Gasteiger charge is 2.29. The molecule has 0 saturated carbocycles. The Morgan fingerprint density at radius 1 is 0.929 bits per heavy atom. The van der Waals surface area contributed by atoms with Crippen LogP contribution in [0.2, 0.25) is 0 Å². The molecule has 28 heavy (non-hydrogen) atoms. The topological polar surface area (TPSA) is 89.7 Å². The van der Waals surface area contributed by atoms with Crippen molar-refractivity contribution in [2.75, 3.05) is 0 Å². The van der Waals surface area contributed by atoms with E-state index in [9.17, 15) is 20.0 Å². The van der Waals surface area contributed by atoms with E-state index in [0.717, 1.165) is 11.1 Å². The normalized spacial score (nSPS) is 12.8. The molecule has 0 aliphatic heterocycles. The molecular formula is C22H19NO5. The summed E-state index contributed by atoms with van der Waals surface area (Å²) in [5.74, 6) is -1.69. The van der Waals surface area contributed by atoms with Crippen LogP contribution in [0.1, 0.15) is 40.4 Å². The molecule has 0 radical (unpaired) electrons. The molecule has 0 heterocycles. The van der Waals surface area contributed by atoms with Crippen LogP contribution in [0.4, 0.5) is 5.69 Å². The summed E-state index contributed by atoms with van der Waals surface area (Å²) in [6.07, 6.45) is -0.609. The van der Waals surface area contributed by atoms with Gasteiger partial charge in [0.2, 0.25) is 5.75 Å². The first-order chi connectivity index (χ1) is 13.5. The smallest absolute Gasteiger partial charge is 0.339 e. The zero-order chi connectivity index (χ0) is 20.1. The van der Waals surface area contributed by atoms with Crippen molar-refractivity contribution in [2.45, 2.75) is 18.9 Å². The van der Waals surface area contributed by atoms with Gasteiger partial charge in [0.1, 0.15) is 11.7 Å². The van der Waals surface area contributed by atoms with Crippen LogP contribution in [0.15, 0.2) is 78.9 Å². The molecule has 6 heteroatoms. The molecule has 0 spiro atoms. The summed E-state index contributed by atoms with van der Waals surface area (Å²) in [6.45, 7) is 1.95. The number of para-hydroxylation sites is 1. The number of benzene rings is 3. The number of hydrogen-bond donors (Lipinski definition) is 1. The molecule has 2 atom stereocenters. The Balaban J connectivity index is 2.11. The standard InChI is InChI=1S/C22H19NO5/c1-15(16-9-4-2-5-10-16)20(17-11-6-3-7-12-17)28-21-18(22(24)25)13-8-14-19(21)23(26)27/h2-15,20H,1H3,(H,24,25)/t15-,20+/m1/s1. The van der Waals surface area contributed by atoms with Crippen molar-refractivity contribution in [3.63, 3.8) is 0 Å². The molecule has 0 aliphatic rings. The fraction of sp³-hybridized carbons (Fsp3) is 0.136. The third kappa shape index (κ3) is 4.01. The van der Waals surface area contributed by atoms with E-state index in [-0.39, 0.29) is 22.9 Å². The van der Waals surface area contributed by atoms with E-state index in [1.807, 2.05) is 67.6 Å². The SMILES string of the molecule is C[C@H](c1ccccc1)[C@H](Oc1c(C(=O)O)cccc1[N+](=O)[O-])c1ccccc1. The second kappa shape index (κ2) is 8.35. The minimum atomic E-state index is -1.28. The van der Waals surface area contributed by atoms with Gasteiger partial charge in [-0.1, -0.05) is 73.7 Å². The third-order valence-electron chi connectivity index (χ3n) is 4.57. The van der Waals surface area contributed by atoms with Gasteiger partial charge in [0, 0.05) is 12.0 Å². The molecule has 6 nitrogen and oxygen atoms in total. The molecule has 142 valence electrons. The van der Waals surface area contributed by atoms with Crippen LogP contribution in [0, 0.1) is 10.1 Å². The second-order valence-corrected chi connectivity index (χ2v) is 6.36. The number of rotatable bonds is 7. The summed E-state index contributed by atoms with van der Waals surface area (Å²) in [7, 11) is 0. The van der Waals surface area contributed by atoms with Crippen LogP contribution in [0.3, 0.4) is 0 Å². The number of carboxylic acids is 1. The van der Waals surface area contributed by atoms with E-state index >= 15 is 0 Å². The van der Waals surface area contributed by atoms with Crippen LogP contribution >= 0.6 is 0 Å². The van der Waals surface area contributed by atoms with Crippen LogP contribution < -0.4 is 4.74 Å². The first-order valence-electron chi connectivity index (χ1n) is 8.76. The van der Waals surface area contributed by atoms with Crippen LogP contribution in [0.25, 0.3) is 0 Å². The number of hydrogen-bond acceptors (Lipinski definition) is 4. The number of carboxylic acid groups (broad SMARTS) is 1. The molecule has 0 unspecified atom stereocenters. The van der Waals surface area contributed by atoms with Crippen molar-refractivity contribution in [1.82, 2.24) is 0 Å². The maximum Gasteiger partial charge on any atom is 0.339 e. The molecule has 0 saturated heterocycles. The summed E-state index contributed by atoms with van der Waals surface area (Å²) >= 11 is 0. The predicted molar refractivity (Wildman–Crippen MR) is 105 cm³/mol. The maximum atomic E-state index is 11.7. The summed E-state index contributed by atoms with van der Waals surface area (Å²) in [5.41, 5.74) is 1.16. The largest absolute Gasteiger partial charge is 0.478 e. The lowest BCUT2D eigenvalue weighted by Gasteiger charge is -2.26. The Labute approximate surface area is 162 Å². The molecular weight excluding hydrogens is 358 g/mol. The van der Waals surface area contributed by atoms with E-state index in [0.29, 0.717) is 0 Å². The summed E-state index contributed by atoms with van der Waals surface area (Å²) in [4.78, 5) is 22.5. The van der Waals surface area contributed by atoms with E-state index in [4.69, 9.17) is 4.74 Å². The zero-order valence-electron chi connectivity index (χ0n) is 15.2. The number of ether oxygens (including phenoxy) is 1. The lowest BCUT2D eigenvalue weighted by molar-refractivity contribution is -0.386. The zero-order valence-corrected chi connectivity index (χ0v) is 15.2. The van der Waals surface area contributed by atoms with Crippen LogP contribution in [-0.2, 0) is 0 Å². The Hall–Kier alpha value is -3.67. The lowest BCUT2D eigenvalue weighted by atomic mass is 9.90. The molecule has 0 bridgehead atoms. The lowest BCUT2D eigenvalue weighted by Crippen LogP contribution is -2.17. The molecule has 0 aromatic heterocycles. The monoisotopic (exact) mass is 377 g/mol. The molecule has 3 aromatic carbocycles. The second-order valence-electron chi connectivity index (χ2n) is 6.36. The number of aromatic carboxylic acids is 1. The van der Waals surface area contributed by atoms with E-state index in [1.54, 1.807) is 0 Å². The summed E-state index contributed by atoms with van der Waals surface area (Å²) < 4.78 is 6.08. The van der Waals surface area contributed by atoms with Crippen molar-refractivity contribution in [1.29, 1.82) is 0 Å². The Bertz CT molecular complexity index is 940. The van der Waals surface area contributed by atoms with Gasteiger partial charge in [0.15, 0.2) is 0 Å². The first-order valence-corrected chi connectivity index (χ1v) is 8.76. The highest BCUT2D eigenvalue weighted by molar-refractivity contribution is 5.92. The third-order valence-corrected chi connectivity index (χ3v) is 4.57. The van der Waals surface area contributed by atoms with Crippen molar-refractivity contribution in [3.05, 3.63) is 106 Å². The molecule has 0 fully saturated rings. The van der Waals surface area contributed by atoms with Crippen molar-refractivity contribution >= 4 is 11.7 Å². The summed E-state index contributed by atoms with van der Waals surface area (Å²) in [5, 5.41) is 21.0. The van der Waals surface area contributed by atoms with E-state index < -0.39 is 17.0 Å².